The maximum atomic E-state index is 12.5. The summed E-state index contributed by atoms with van der Waals surface area (Å²) >= 11 is 0. The number of benzene rings is 2. The lowest BCUT2D eigenvalue weighted by Crippen LogP contribution is -2.38. The van der Waals surface area contributed by atoms with Crippen LogP contribution in [0.5, 0.6) is 11.5 Å². The molecule has 1 aliphatic rings. The molecule has 9 heteroatoms. The number of carbonyl (C=O) groups is 1. The Labute approximate surface area is 185 Å². The summed E-state index contributed by atoms with van der Waals surface area (Å²) in [7, 11) is 3.28. The summed E-state index contributed by atoms with van der Waals surface area (Å²) in [6.45, 7) is 3.20. The first kappa shape index (κ1) is 21.8. The van der Waals surface area contributed by atoms with Crippen molar-refractivity contribution in [3.63, 3.8) is 0 Å². The van der Waals surface area contributed by atoms with E-state index < -0.39 is 0 Å². The zero-order valence-corrected chi connectivity index (χ0v) is 18.3. The van der Waals surface area contributed by atoms with E-state index >= 15 is 0 Å². The predicted octanol–water partition coefficient (Wildman–Crippen LogP) is 1.37. The number of nitrogens with one attached hydrogen (secondary N) is 1. The van der Waals surface area contributed by atoms with Crippen molar-refractivity contribution in [3.8, 4) is 11.5 Å². The number of methoxy groups -OCH3 is 2. The number of fused-ring (bicyclic) bond motifs is 2. The molecule has 0 bridgehead atoms. The molecule has 0 atom stereocenters. The van der Waals surface area contributed by atoms with Crippen LogP contribution < -0.4 is 20.3 Å². The van der Waals surface area contributed by atoms with Crippen molar-refractivity contribution in [1.82, 2.24) is 25.2 Å². The van der Waals surface area contributed by atoms with Gasteiger partial charge in [0.05, 0.1) is 26.2 Å². The molecule has 0 fully saturated rings. The van der Waals surface area contributed by atoms with Crippen LogP contribution in [0.4, 0.5) is 0 Å². The van der Waals surface area contributed by atoms with Gasteiger partial charge in [0.1, 0.15) is 5.52 Å². The Hall–Kier alpha value is -3.46. The highest BCUT2D eigenvalue weighted by atomic mass is 16.5. The van der Waals surface area contributed by atoms with Crippen molar-refractivity contribution in [3.05, 3.63) is 57.9 Å². The Kier molecular flexibility index (Phi) is 6.65. The summed E-state index contributed by atoms with van der Waals surface area (Å²) < 4.78 is 12.0. The molecule has 1 N–H and O–H groups in total. The van der Waals surface area contributed by atoms with Crippen molar-refractivity contribution in [2.45, 2.75) is 25.9 Å². The average Bonchev–Trinajstić information content (AvgIpc) is 2.82. The molecule has 0 spiro atoms. The van der Waals surface area contributed by atoms with Gasteiger partial charge in [-0.3, -0.25) is 14.5 Å². The Balaban J connectivity index is 1.26. The average molecular weight is 438 g/mol. The van der Waals surface area contributed by atoms with Crippen molar-refractivity contribution >= 4 is 16.8 Å². The molecule has 2 heterocycles. The van der Waals surface area contributed by atoms with Gasteiger partial charge < -0.3 is 14.8 Å². The smallest absolute Gasteiger partial charge is 0.277 e. The molecule has 0 unspecified atom stereocenters. The molecule has 3 aromatic rings. The van der Waals surface area contributed by atoms with Gasteiger partial charge >= 0.3 is 0 Å². The summed E-state index contributed by atoms with van der Waals surface area (Å²) in [6.07, 6.45) is 1.10. The molecule has 0 radical (unpaired) electrons. The molecule has 1 aromatic heterocycles. The highest BCUT2D eigenvalue weighted by molar-refractivity contribution is 5.77. The molecule has 32 heavy (non-hydrogen) atoms. The normalized spacial score (nSPS) is 13.6. The lowest BCUT2D eigenvalue weighted by Gasteiger charge is -2.29. The fourth-order valence-electron chi connectivity index (χ4n) is 3.95. The van der Waals surface area contributed by atoms with E-state index in [1.807, 2.05) is 18.2 Å². The Morgan fingerprint density at radius 3 is 2.62 bits per heavy atom. The molecule has 0 aliphatic carbocycles. The summed E-state index contributed by atoms with van der Waals surface area (Å²) in [5.74, 6) is 1.37. The quantitative estimate of drug-likeness (QED) is 0.568. The molecule has 2 aromatic carbocycles. The van der Waals surface area contributed by atoms with E-state index in [9.17, 15) is 9.59 Å². The number of nitrogens with zero attached hydrogens (tertiary/aromatic N) is 4. The third-order valence-electron chi connectivity index (χ3n) is 5.73. The zero-order valence-electron chi connectivity index (χ0n) is 18.3. The van der Waals surface area contributed by atoms with Gasteiger partial charge in [-0.05, 0) is 41.8 Å². The molecule has 168 valence electrons. The monoisotopic (exact) mass is 437 g/mol. The third-order valence-corrected chi connectivity index (χ3v) is 5.73. The van der Waals surface area contributed by atoms with Crippen molar-refractivity contribution in [2.75, 3.05) is 33.9 Å². The summed E-state index contributed by atoms with van der Waals surface area (Å²) in [6, 6.07) is 11.1. The van der Waals surface area contributed by atoms with Gasteiger partial charge in [-0.15, -0.1) is 5.10 Å². The Morgan fingerprint density at radius 2 is 1.84 bits per heavy atom. The highest BCUT2D eigenvalue weighted by Gasteiger charge is 2.19. The van der Waals surface area contributed by atoms with Gasteiger partial charge in [0.2, 0.25) is 5.91 Å². The minimum Gasteiger partial charge on any atom is -0.493 e. The lowest BCUT2D eigenvalue weighted by atomic mass is 9.99. The number of hydrogen-bond acceptors (Lipinski definition) is 7. The summed E-state index contributed by atoms with van der Waals surface area (Å²) in [5, 5.41) is 11.4. The van der Waals surface area contributed by atoms with Gasteiger partial charge in [-0.2, -0.15) is 0 Å². The second-order valence-corrected chi connectivity index (χ2v) is 7.74. The number of ether oxygens (including phenoxy) is 2. The first-order chi connectivity index (χ1) is 15.6. The van der Waals surface area contributed by atoms with Crippen LogP contribution >= 0.6 is 0 Å². The number of carbonyl (C=O) groups excluding carboxylic acids is 1. The molecule has 0 saturated carbocycles. The molecule has 1 amide bonds. The second-order valence-electron chi connectivity index (χ2n) is 7.74. The number of aryl methyl sites for hydroxylation is 1. The third kappa shape index (κ3) is 4.72. The Bertz CT molecular complexity index is 1180. The fourth-order valence-corrected chi connectivity index (χ4v) is 3.95. The van der Waals surface area contributed by atoms with Crippen LogP contribution in [0.2, 0.25) is 0 Å². The SMILES string of the molecule is COc1cc2c(cc1OC)CN(CCNC(=O)CCn1nnc3ccccc3c1=O)CC2. The molecule has 1 aliphatic heterocycles. The van der Waals surface area contributed by atoms with E-state index in [1.165, 1.54) is 15.8 Å². The first-order valence-corrected chi connectivity index (χ1v) is 10.6. The summed E-state index contributed by atoms with van der Waals surface area (Å²) in [4.78, 5) is 27.0. The van der Waals surface area contributed by atoms with Gasteiger partial charge in [-0.25, -0.2) is 4.68 Å². The highest BCUT2D eigenvalue weighted by Crippen LogP contribution is 2.33. The van der Waals surface area contributed by atoms with Gasteiger partial charge in [0.15, 0.2) is 11.5 Å². The van der Waals surface area contributed by atoms with Crippen LogP contribution in [-0.4, -0.2) is 59.7 Å². The van der Waals surface area contributed by atoms with E-state index in [0.29, 0.717) is 17.4 Å². The van der Waals surface area contributed by atoms with E-state index in [4.69, 9.17) is 9.47 Å². The zero-order chi connectivity index (χ0) is 22.5. The first-order valence-electron chi connectivity index (χ1n) is 10.6. The van der Waals surface area contributed by atoms with E-state index in [1.54, 1.807) is 32.4 Å². The largest absolute Gasteiger partial charge is 0.493 e. The number of aromatic nitrogens is 3. The van der Waals surface area contributed by atoms with Crippen LogP contribution in [0.1, 0.15) is 17.5 Å². The maximum absolute atomic E-state index is 12.5. The van der Waals surface area contributed by atoms with Crippen LogP contribution in [-0.2, 0) is 24.3 Å². The van der Waals surface area contributed by atoms with E-state index in [2.05, 4.69) is 20.5 Å². The fraction of sp³-hybridized carbons (Fsp3) is 0.391. The lowest BCUT2D eigenvalue weighted by molar-refractivity contribution is -0.121. The van der Waals surface area contributed by atoms with Gasteiger partial charge in [0.25, 0.3) is 5.56 Å². The second kappa shape index (κ2) is 9.78. The summed E-state index contributed by atoms with van der Waals surface area (Å²) in [5.41, 5.74) is 2.80. The van der Waals surface area contributed by atoms with Gasteiger partial charge in [0, 0.05) is 32.6 Å². The molecular formula is C23H27N5O4. The standard InChI is InChI=1S/C23H27N5O4/c1-31-20-13-16-7-10-27(15-17(16)14-21(20)32-2)12-9-24-22(29)8-11-28-23(30)18-5-3-4-6-19(18)25-26-28/h3-6,13-14H,7-12,15H2,1-2H3,(H,24,29). The van der Waals surface area contributed by atoms with Crippen molar-refractivity contribution < 1.29 is 14.3 Å². The Morgan fingerprint density at radius 1 is 1.09 bits per heavy atom. The van der Waals surface area contributed by atoms with Crippen LogP contribution in [0.3, 0.4) is 0 Å². The van der Waals surface area contributed by atoms with Crippen LogP contribution in [0, 0.1) is 0 Å². The topological polar surface area (TPSA) is 98.6 Å². The van der Waals surface area contributed by atoms with Crippen molar-refractivity contribution in [1.29, 1.82) is 0 Å². The molecular weight excluding hydrogens is 410 g/mol. The van der Waals surface area contributed by atoms with Crippen LogP contribution in [0.25, 0.3) is 10.9 Å². The number of rotatable bonds is 8. The minimum atomic E-state index is -0.234. The molecule has 0 saturated heterocycles. The van der Waals surface area contributed by atoms with E-state index in [0.717, 1.165) is 37.6 Å². The van der Waals surface area contributed by atoms with Crippen LogP contribution in [0.15, 0.2) is 41.2 Å². The number of hydrogen-bond donors (Lipinski definition) is 1. The predicted molar refractivity (Wildman–Crippen MR) is 120 cm³/mol. The molecule has 9 nitrogen and oxygen atoms in total. The number of amides is 1. The maximum Gasteiger partial charge on any atom is 0.277 e. The van der Waals surface area contributed by atoms with Crippen molar-refractivity contribution in [2.24, 2.45) is 0 Å². The van der Waals surface area contributed by atoms with E-state index in [-0.39, 0.29) is 24.4 Å². The molecule has 4 rings (SSSR count). The minimum absolute atomic E-state index is 0.115. The van der Waals surface area contributed by atoms with Gasteiger partial charge in [-0.1, -0.05) is 17.3 Å².